The zero-order valence-electron chi connectivity index (χ0n) is 13.9. The molecule has 1 heterocycles. The van der Waals surface area contributed by atoms with E-state index >= 15 is 0 Å². The summed E-state index contributed by atoms with van der Waals surface area (Å²) in [4.78, 5) is 39.7. The quantitative estimate of drug-likeness (QED) is 0.823. The molecule has 1 aromatic carbocycles. The van der Waals surface area contributed by atoms with Crippen LogP contribution in [-0.4, -0.2) is 53.7 Å². The summed E-state index contributed by atoms with van der Waals surface area (Å²) in [7, 11) is 0. The van der Waals surface area contributed by atoms with Gasteiger partial charge >= 0.3 is 0 Å². The van der Waals surface area contributed by atoms with Gasteiger partial charge in [0.25, 0.3) is 0 Å². The molecule has 3 amide bonds. The molecule has 0 saturated carbocycles. The molecule has 1 aliphatic rings. The number of amides is 3. The van der Waals surface area contributed by atoms with Crippen LogP contribution < -0.4 is 5.32 Å². The highest BCUT2D eigenvalue weighted by Crippen LogP contribution is 2.25. The monoisotopic (exact) mass is 329 g/mol. The Morgan fingerprint density at radius 2 is 2.08 bits per heavy atom. The summed E-state index contributed by atoms with van der Waals surface area (Å²) in [5.41, 5.74) is 0.918. The number of rotatable bonds is 5. The van der Waals surface area contributed by atoms with Gasteiger partial charge in [0.05, 0.1) is 12.5 Å². The first-order valence-electron chi connectivity index (χ1n) is 8.09. The number of likely N-dealkylation sites (N-methyl/N-ethyl adjacent to an activating group) is 1. The summed E-state index contributed by atoms with van der Waals surface area (Å²) in [6.45, 7) is 6.53. The summed E-state index contributed by atoms with van der Waals surface area (Å²) in [5.74, 6) is -0.516. The molecule has 2 rings (SSSR count). The Morgan fingerprint density at radius 1 is 1.38 bits per heavy atom. The first kappa shape index (κ1) is 17.7. The summed E-state index contributed by atoms with van der Waals surface area (Å²) in [6, 6.07) is 9.18. The van der Waals surface area contributed by atoms with Gasteiger partial charge in [-0.1, -0.05) is 36.9 Å². The minimum absolute atomic E-state index is 0.0150. The highest BCUT2D eigenvalue weighted by atomic mass is 16.2. The Kier molecular flexibility index (Phi) is 6.12. The number of benzene rings is 1. The third kappa shape index (κ3) is 4.22. The van der Waals surface area contributed by atoms with Gasteiger partial charge in [-0.3, -0.25) is 14.4 Å². The smallest absolute Gasteiger partial charge is 0.246 e. The molecule has 0 radical (unpaired) electrons. The van der Waals surface area contributed by atoms with Crippen molar-refractivity contribution in [3.8, 4) is 0 Å². The molecule has 6 heteroatoms. The van der Waals surface area contributed by atoms with E-state index in [1.165, 1.54) is 11.0 Å². The Hall–Kier alpha value is -2.63. The average molecular weight is 329 g/mol. The van der Waals surface area contributed by atoms with Gasteiger partial charge in [0.15, 0.2) is 0 Å². The van der Waals surface area contributed by atoms with Crippen LogP contribution in [0.15, 0.2) is 43.0 Å². The summed E-state index contributed by atoms with van der Waals surface area (Å²) in [5, 5.41) is 2.80. The Labute approximate surface area is 142 Å². The first-order chi connectivity index (χ1) is 11.6. The van der Waals surface area contributed by atoms with Crippen molar-refractivity contribution in [3.63, 3.8) is 0 Å². The molecule has 1 N–H and O–H groups in total. The number of hydrogen-bond donors (Lipinski definition) is 1. The van der Waals surface area contributed by atoms with Gasteiger partial charge in [0.1, 0.15) is 6.54 Å². The molecule has 1 saturated heterocycles. The maximum absolute atomic E-state index is 12.8. The van der Waals surface area contributed by atoms with Crippen LogP contribution in [0.25, 0.3) is 0 Å². The average Bonchev–Trinajstić information content (AvgIpc) is 2.81. The van der Waals surface area contributed by atoms with Crippen molar-refractivity contribution in [1.82, 2.24) is 15.1 Å². The highest BCUT2D eigenvalue weighted by Gasteiger charge is 2.30. The van der Waals surface area contributed by atoms with Crippen LogP contribution in [0.3, 0.4) is 0 Å². The topological polar surface area (TPSA) is 69.7 Å². The predicted octanol–water partition coefficient (Wildman–Crippen LogP) is 1.11. The summed E-state index contributed by atoms with van der Waals surface area (Å²) >= 11 is 0. The number of carbonyl (C=O) groups is 3. The Morgan fingerprint density at radius 3 is 2.71 bits per heavy atom. The standard InChI is InChI=1S/C18H23N3O3/c1-3-17(23)20(4-2)13-18(24)21-11-10-19-16(22)12-15(21)14-8-6-5-7-9-14/h3,5-9,15H,1,4,10-13H2,2H3,(H,19,22). The van der Waals surface area contributed by atoms with Crippen molar-refractivity contribution in [3.05, 3.63) is 48.6 Å². The molecule has 1 unspecified atom stereocenters. The van der Waals surface area contributed by atoms with E-state index in [4.69, 9.17) is 0 Å². The second-order valence-corrected chi connectivity index (χ2v) is 5.62. The van der Waals surface area contributed by atoms with Crippen molar-refractivity contribution >= 4 is 17.7 Å². The molecule has 1 aliphatic heterocycles. The third-order valence-corrected chi connectivity index (χ3v) is 4.13. The number of nitrogens with zero attached hydrogens (tertiary/aromatic N) is 2. The van der Waals surface area contributed by atoms with E-state index in [0.29, 0.717) is 19.6 Å². The second kappa shape index (κ2) is 8.29. The largest absolute Gasteiger partial charge is 0.354 e. The molecule has 6 nitrogen and oxygen atoms in total. The maximum atomic E-state index is 12.8. The third-order valence-electron chi connectivity index (χ3n) is 4.13. The minimum Gasteiger partial charge on any atom is -0.354 e. The molecular weight excluding hydrogens is 306 g/mol. The second-order valence-electron chi connectivity index (χ2n) is 5.62. The maximum Gasteiger partial charge on any atom is 0.246 e. The highest BCUT2D eigenvalue weighted by molar-refractivity contribution is 5.91. The normalized spacial score (nSPS) is 17.6. The summed E-state index contributed by atoms with van der Waals surface area (Å²) in [6.07, 6.45) is 1.43. The minimum atomic E-state index is -0.321. The molecule has 1 aromatic rings. The number of carbonyl (C=O) groups excluding carboxylic acids is 3. The van der Waals surface area contributed by atoms with Gasteiger partial charge in [-0.25, -0.2) is 0 Å². The van der Waals surface area contributed by atoms with Gasteiger partial charge in [0, 0.05) is 19.6 Å². The van der Waals surface area contributed by atoms with Crippen LogP contribution in [-0.2, 0) is 14.4 Å². The fraction of sp³-hybridized carbons (Fsp3) is 0.389. The van der Waals surface area contributed by atoms with E-state index in [1.54, 1.807) is 4.90 Å². The van der Waals surface area contributed by atoms with E-state index < -0.39 is 0 Å². The SMILES string of the molecule is C=CC(=O)N(CC)CC(=O)N1CCNC(=O)CC1c1ccccc1. The zero-order chi connectivity index (χ0) is 17.5. The molecule has 0 aromatic heterocycles. The molecular formula is C18H23N3O3. The lowest BCUT2D eigenvalue weighted by Crippen LogP contribution is -2.44. The number of nitrogens with one attached hydrogen (secondary N) is 1. The van der Waals surface area contributed by atoms with E-state index in [0.717, 1.165) is 5.56 Å². The van der Waals surface area contributed by atoms with E-state index in [2.05, 4.69) is 11.9 Å². The number of hydrogen-bond acceptors (Lipinski definition) is 3. The molecule has 0 spiro atoms. The summed E-state index contributed by atoms with van der Waals surface area (Å²) < 4.78 is 0. The van der Waals surface area contributed by atoms with Crippen molar-refractivity contribution in [2.24, 2.45) is 0 Å². The van der Waals surface area contributed by atoms with Crippen molar-refractivity contribution in [2.45, 2.75) is 19.4 Å². The van der Waals surface area contributed by atoms with Gasteiger partial charge < -0.3 is 15.1 Å². The van der Waals surface area contributed by atoms with E-state index in [9.17, 15) is 14.4 Å². The predicted molar refractivity (Wildman–Crippen MR) is 91.0 cm³/mol. The van der Waals surface area contributed by atoms with Crippen LogP contribution in [0.5, 0.6) is 0 Å². The molecule has 1 atom stereocenters. The molecule has 0 aliphatic carbocycles. The molecule has 128 valence electrons. The van der Waals surface area contributed by atoms with Crippen LogP contribution in [0, 0.1) is 0 Å². The lowest BCUT2D eigenvalue weighted by atomic mass is 10.0. The Balaban J connectivity index is 2.22. The van der Waals surface area contributed by atoms with Crippen LogP contribution in [0.2, 0.25) is 0 Å². The fourth-order valence-corrected chi connectivity index (χ4v) is 2.83. The molecule has 1 fully saturated rings. The molecule has 24 heavy (non-hydrogen) atoms. The van der Waals surface area contributed by atoms with Gasteiger partial charge in [-0.15, -0.1) is 0 Å². The molecule has 0 bridgehead atoms. The van der Waals surface area contributed by atoms with E-state index in [1.807, 2.05) is 37.3 Å². The zero-order valence-corrected chi connectivity index (χ0v) is 13.9. The van der Waals surface area contributed by atoms with Crippen molar-refractivity contribution < 1.29 is 14.4 Å². The van der Waals surface area contributed by atoms with Crippen LogP contribution in [0.4, 0.5) is 0 Å². The van der Waals surface area contributed by atoms with E-state index in [-0.39, 0.29) is 36.7 Å². The first-order valence-corrected chi connectivity index (χ1v) is 8.09. The fourth-order valence-electron chi connectivity index (χ4n) is 2.83. The lowest BCUT2D eigenvalue weighted by molar-refractivity contribution is -0.139. The van der Waals surface area contributed by atoms with Gasteiger partial charge in [0.2, 0.25) is 17.7 Å². The lowest BCUT2D eigenvalue weighted by Gasteiger charge is -2.31. The van der Waals surface area contributed by atoms with Crippen molar-refractivity contribution in [1.29, 1.82) is 0 Å². The van der Waals surface area contributed by atoms with Crippen molar-refractivity contribution in [2.75, 3.05) is 26.2 Å². The Bertz CT molecular complexity index is 615. The van der Waals surface area contributed by atoms with Crippen LogP contribution in [0.1, 0.15) is 24.9 Å². The van der Waals surface area contributed by atoms with Crippen LogP contribution >= 0.6 is 0 Å². The van der Waals surface area contributed by atoms with Gasteiger partial charge in [-0.2, -0.15) is 0 Å². The van der Waals surface area contributed by atoms with Gasteiger partial charge in [-0.05, 0) is 18.6 Å².